The lowest BCUT2D eigenvalue weighted by molar-refractivity contribution is -0.0599. The Labute approximate surface area is 91.1 Å². The molecule has 1 unspecified atom stereocenters. The SMILES string of the molecule is [B][C@@H]1O[C@H](CO)C(OC)[C@@H]1OCCOC. The molecule has 1 fully saturated rings. The van der Waals surface area contributed by atoms with Crippen molar-refractivity contribution in [2.45, 2.75) is 24.3 Å². The van der Waals surface area contributed by atoms with Gasteiger partial charge in [0.25, 0.3) is 0 Å². The molecular formula is C9H17BO5. The van der Waals surface area contributed by atoms with Gasteiger partial charge in [-0.2, -0.15) is 0 Å². The van der Waals surface area contributed by atoms with Crippen LogP contribution in [0.1, 0.15) is 0 Å². The Morgan fingerprint density at radius 2 is 2.00 bits per heavy atom. The minimum atomic E-state index is -0.566. The molecule has 1 N–H and O–H groups in total. The lowest BCUT2D eigenvalue weighted by Gasteiger charge is -2.21. The molecule has 86 valence electrons. The Kier molecular flexibility index (Phi) is 5.56. The third kappa shape index (κ3) is 3.16. The molecule has 2 radical (unpaired) electrons. The number of ether oxygens (including phenoxy) is 4. The van der Waals surface area contributed by atoms with Crippen LogP contribution in [0.15, 0.2) is 0 Å². The average molecular weight is 216 g/mol. The summed E-state index contributed by atoms with van der Waals surface area (Å²) in [5, 5.41) is 9.03. The molecular weight excluding hydrogens is 199 g/mol. The van der Waals surface area contributed by atoms with Crippen LogP contribution >= 0.6 is 0 Å². The Morgan fingerprint density at radius 3 is 2.53 bits per heavy atom. The van der Waals surface area contributed by atoms with Gasteiger partial charge in [-0.3, -0.25) is 0 Å². The molecule has 0 aromatic rings. The van der Waals surface area contributed by atoms with E-state index in [9.17, 15) is 0 Å². The highest BCUT2D eigenvalue weighted by atomic mass is 16.6. The molecule has 0 aromatic heterocycles. The van der Waals surface area contributed by atoms with Crippen molar-refractivity contribution in [1.29, 1.82) is 0 Å². The molecule has 1 saturated heterocycles. The molecule has 5 nitrogen and oxygen atoms in total. The second kappa shape index (κ2) is 6.45. The quantitative estimate of drug-likeness (QED) is 0.452. The second-order valence-electron chi connectivity index (χ2n) is 3.35. The molecule has 0 spiro atoms. The van der Waals surface area contributed by atoms with Crippen LogP contribution in [0.5, 0.6) is 0 Å². The molecule has 0 amide bonds. The fraction of sp³-hybridized carbons (Fsp3) is 1.00. The van der Waals surface area contributed by atoms with E-state index < -0.39 is 12.1 Å². The molecule has 0 aliphatic carbocycles. The molecule has 4 atom stereocenters. The molecule has 6 heteroatoms. The van der Waals surface area contributed by atoms with E-state index in [0.717, 1.165) is 0 Å². The molecule has 15 heavy (non-hydrogen) atoms. The average Bonchev–Trinajstić information content (AvgIpc) is 2.55. The summed E-state index contributed by atoms with van der Waals surface area (Å²) in [4.78, 5) is 0. The number of hydrogen-bond donors (Lipinski definition) is 1. The first-order chi connectivity index (χ1) is 7.24. The van der Waals surface area contributed by atoms with E-state index >= 15 is 0 Å². The van der Waals surface area contributed by atoms with E-state index in [0.29, 0.717) is 13.2 Å². The van der Waals surface area contributed by atoms with Crippen molar-refractivity contribution < 1.29 is 24.1 Å². The number of hydrogen-bond acceptors (Lipinski definition) is 5. The summed E-state index contributed by atoms with van der Waals surface area (Å²) >= 11 is 0. The van der Waals surface area contributed by atoms with E-state index in [4.69, 9.17) is 31.9 Å². The maximum Gasteiger partial charge on any atom is 0.113 e. The summed E-state index contributed by atoms with van der Waals surface area (Å²) in [5.74, 6) is 0. The summed E-state index contributed by atoms with van der Waals surface area (Å²) in [7, 11) is 8.85. The van der Waals surface area contributed by atoms with Crippen molar-refractivity contribution in [3.63, 3.8) is 0 Å². The highest BCUT2D eigenvalue weighted by Gasteiger charge is 2.42. The van der Waals surface area contributed by atoms with Crippen molar-refractivity contribution in [2.75, 3.05) is 34.0 Å². The first kappa shape index (κ1) is 12.9. The molecule has 1 rings (SSSR count). The van der Waals surface area contributed by atoms with Crippen molar-refractivity contribution in [3.05, 3.63) is 0 Å². The van der Waals surface area contributed by atoms with Gasteiger partial charge in [0.1, 0.15) is 26.2 Å². The Balaban J connectivity index is 2.45. The molecule has 1 heterocycles. The zero-order valence-corrected chi connectivity index (χ0v) is 9.09. The zero-order valence-electron chi connectivity index (χ0n) is 9.09. The lowest BCUT2D eigenvalue weighted by atomic mass is 9.93. The largest absolute Gasteiger partial charge is 0.394 e. The van der Waals surface area contributed by atoms with E-state index in [2.05, 4.69) is 0 Å². The topological polar surface area (TPSA) is 57.2 Å². The number of rotatable bonds is 6. The lowest BCUT2D eigenvalue weighted by Crippen LogP contribution is -2.38. The normalized spacial score (nSPS) is 35.9. The van der Waals surface area contributed by atoms with Gasteiger partial charge in [0, 0.05) is 20.2 Å². The van der Waals surface area contributed by atoms with Crippen LogP contribution in [-0.4, -0.2) is 71.3 Å². The molecule has 1 aliphatic heterocycles. The highest BCUT2D eigenvalue weighted by molar-refractivity contribution is 6.11. The van der Waals surface area contributed by atoms with E-state index in [1.807, 2.05) is 0 Å². The van der Waals surface area contributed by atoms with Crippen LogP contribution in [0, 0.1) is 0 Å². The third-order valence-electron chi connectivity index (χ3n) is 2.40. The summed E-state index contributed by atoms with van der Waals surface area (Å²) < 4.78 is 20.8. The van der Waals surface area contributed by atoms with Gasteiger partial charge in [0.05, 0.1) is 19.8 Å². The maximum atomic E-state index is 9.03. The predicted molar refractivity (Wildman–Crippen MR) is 53.9 cm³/mol. The number of aliphatic hydroxyl groups excluding tert-OH is 1. The van der Waals surface area contributed by atoms with Gasteiger partial charge < -0.3 is 24.1 Å². The summed E-state index contributed by atoms with van der Waals surface area (Å²) in [6, 6.07) is -0.566. The van der Waals surface area contributed by atoms with Crippen LogP contribution in [0.4, 0.5) is 0 Å². The van der Waals surface area contributed by atoms with Crippen LogP contribution < -0.4 is 0 Å². The van der Waals surface area contributed by atoms with E-state index in [-0.39, 0.29) is 18.8 Å². The van der Waals surface area contributed by atoms with E-state index in [1.54, 1.807) is 14.2 Å². The van der Waals surface area contributed by atoms with Gasteiger partial charge >= 0.3 is 0 Å². The third-order valence-corrected chi connectivity index (χ3v) is 2.40. The van der Waals surface area contributed by atoms with Gasteiger partial charge in [-0.15, -0.1) is 0 Å². The molecule has 0 saturated carbocycles. The smallest absolute Gasteiger partial charge is 0.113 e. The van der Waals surface area contributed by atoms with Crippen molar-refractivity contribution in [2.24, 2.45) is 0 Å². The van der Waals surface area contributed by atoms with Crippen LogP contribution in [0.3, 0.4) is 0 Å². The number of methoxy groups -OCH3 is 2. The van der Waals surface area contributed by atoms with Gasteiger partial charge in [-0.1, -0.05) is 0 Å². The zero-order chi connectivity index (χ0) is 11.3. The maximum absolute atomic E-state index is 9.03. The Bertz CT molecular complexity index is 180. The number of aliphatic hydroxyl groups is 1. The first-order valence-electron chi connectivity index (χ1n) is 4.89. The minimum absolute atomic E-state index is 0.129. The standard InChI is InChI=1S/C9H17BO5/c1-12-3-4-14-8-7(13-2)6(5-11)15-9(8)10/h6-9,11H,3-5H2,1-2H3/t6-,7?,8+,9-/m1/s1. The van der Waals surface area contributed by atoms with Gasteiger partial charge in [-0.25, -0.2) is 0 Å². The summed E-state index contributed by atoms with van der Waals surface area (Å²) in [6.45, 7) is 0.788. The van der Waals surface area contributed by atoms with Crippen molar-refractivity contribution in [1.82, 2.24) is 0 Å². The molecule has 0 aromatic carbocycles. The van der Waals surface area contributed by atoms with Crippen LogP contribution in [0.2, 0.25) is 0 Å². The first-order valence-corrected chi connectivity index (χ1v) is 4.89. The van der Waals surface area contributed by atoms with Gasteiger partial charge in [0.15, 0.2) is 0 Å². The van der Waals surface area contributed by atoms with Crippen molar-refractivity contribution in [3.8, 4) is 0 Å². The fourth-order valence-corrected chi connectivity index (χ4v) is 1.65. The second-order valence-corrected chi connectivity index (χ2v) is 3.35. The minimum Gasteiger partial charge on any atom is -0.394 e. The molecule has 0 bridgehead atoms. The highest BCUT2D eigenvalue weighted by Crippen LogP contribution is 2.24. The summed E-state index contributed by atoms with van der Waals surface area (Å²) in [6.07, 6.45) is -1.11. The fourth-order valence-electron chi connectivity index (χ4n) is 1.65. The van der Waals surface area contributed by atoms with Crippen molar-refractivity contribution >= 4 is 7.85 Å². The Hall–Kier alpha value is -0.135. The van der Waals surface area contributed by atoms with E-state index in [1.165, 1.54) is 0 Å². The van der Waals surface area contributed by atoms with Crippen LogP contribution in [0.25, 0.3) is 0 Å². The van der Waals surface area contributed by atoms with Gasteiger partial charge in [-0.05, 0) is 0 Å². The monoisotopic (exact) mass is 216 g/mol. The van der Waals surface area contributed by atoms with Crippen LogP contribution in [-0.2, 0) is 18.9 Å². The summed E-state index contributed by atoms with van der Waals surface area (Å²) in [5.41, 5.74) is 0. The van der Waals surface area contributed by atoms with Gasteiger partial charge in [0.2, 0.25) is 0 Å². The predicted octanol–water partition coefficient (Wildman–Crippen LogP) is -1.08. The molecule has 1 aliphatic rings. The Morgan fingerprint density at radius 1 is 1.27 bits per heavy atom.